The van der Waals surface area contributed by atoms with Crippen LogP contribution in [0.1, 0.15) is 136 Å². The predicted octanol–water partition coefficient (Wildman–Crippen LogP) is 10.2. The van der Waals surface area contributed by atoms with Gasteiger partial charge < -0.3 is 0 Å². The first-order chi connectivity index (χ1) is 19.9. The van der Waals surface area contributed by atoms with E-state index in [0.717, 1.165) is 96.3 Å². The molecule has 15 heteroatoms. The third-order valence-electron chi connectivity index (χ3n) is 7.67. The summed E-state index contributed by atoms with van der Waals surface area (Å²) in [7, 11) is -14.2. The zero-order valence-electron chi connectivity index (χ0n) is 26.1. The Labute approximate surface area is 260 Å². The van der Waals surface area contributed by atoms with Crippen LogP contribution in [0.25, 0.3) is 0 Å². The van der Waals surface area contributed by atoms with E-state index in [9.17, 15) is 48.3 Å². The van der Waals surface area contributed by atoms with Gasteiger partial charge in [-0.2, -0.15) is 0 Å². The quantitative estimate of drug-likeness (QED) is 0.0249. The second kappa shape index (κ2) is 20.8. The van der Waals surface area contributed by atoms with Crippen LogP contribution in [-0.4, -0.2) is 61.0 Å². The minimum atomic E-state index is -7.09. The molecule has 1 radical (unpaired) electrons. The van der Waals surface area contributed by atoms with Gasteiger partial charge in [0.25, 0.3) is 0 Å². The van der Waals surface area contributed by atoms with Crippen LogP contribution in [0.4, 0.5) is 26.3 Å². The SMILES string of the molecule is CCCCCCC[CH2][Sb]([CH2]CCCCCCC)([CH2]CCCCCCC)[CH2]C(O)=[N+](S(=O)(=O)C(F)(F)F)S(=O)(=O)C(F)(F)F. The van der Waals surface area contributed by atoms with Crippen molar-refractivity contribution in [2.75, 3.05) is 0 Å². The van der Waals surface area contributed by atoms with E-state index < -0.39 is 63.5 Å². The van der Waals surface area contributed by atoms with Crippen molar-refractivity contribution < 1.29 is 51.7 Å². The number of halogens is 6. The molecule has 0 aliphatic heterocycles. The first-order valence-corrected chi connectivity index (χ1v) is 25.9. The third-order valence-corrected chi connectivity index (χ3v) is 24.9. The van der Waals surface area contributed by atoms with Crippen LogP contribution in [0.2, 0.25) is 17.5 Å². The number of unbranched alkanes of at least 4 members (excludes halogenated alkanes) is 15. The molecule has 0 aromatic heterocycles. The molecule has 0 aliphatic carbocycles. The standard InChI is InChI=1S/3C8H17.C4H2F6NO5S2.Sb/c3*1-3-5-7-8-6-4-2;1-2(12)11(17(13,14)3(5,6)7)18(15,16)4(8,9)10;/h3*1,3-8H2,2H3;1H2;/p+1. The average molecular weight is 785 g/mol. The van der Waals surface area contributed by atoms with Gasteiger partial charge >= 0.3 is 261 Å². The molecule has 0 atom stereocenters. The summed E-state index contributed by atoms with van der Waals surface area (Å²) in [6, 6.07) is 0. The van der Waals surface area contributed by atoms with Gasteiger partial charge in [0.1, 0.15) is 0 Å². The number of aliphatic hydroxyl groups is 1. The van der Waals surface area contributed by atoms with E-state index in [-0.39, 0.29) is 0 Å². The van der Waals surface area contributed by atoms with Gasteiger partial charge in [-0.15, -0.1) is 0 Å². The van der Waals surface area contributed by atoms with E-state index in [0.29, 0.717) is 32.4 Å². The predicted molar refractivity (Wildman–Crippen MR) is 163 cm³/mol. The number of aliphatic hydroxyl groups excluding tert-OH is 1. The molecule has 0 saturated carbocycles. The third kappa shape index (κ3) is 15.3. The second-order valence-corrected chi connectivity index (χ2v) is 27.7. The monoisotopic (exact) mass is 783 g/mol. The molecular weight excluding hydrogens is 730 g/mol. The maximum absolute atomic E-state index is 13.5. The van der Waals surface area contributed by atoms with E-state index in [1.54, 1.807) is 0 Å². The number of hydrogen-bond acceptors (Lipinski definition) is 4. The van der Waals surface area contributed by atoms with E-state index in [4.69, 9.17) is 0 Å². The van der Waals surface area contributed by atoms with Crippen LogP contribution < -0.4 is 0 Å². The fourth-order valence-electron chi connectivity index (χ4n) is 5.21. The van der Waals surface area contributed by atoms with Gasteiger partial charge in [0.2, 0.25) is 0 Å². The molecule has 0 aromatic rings. The van der Waals surface area contributed by atoms with Gasteiger partial charge in [-0.25, -0.2) is 0 Å². The molecule has 0 aromatic carbocycles. The molecule has 0 unspecified atom stereocenters. The number of nitrogens with zero attached hydrogens (tertiary/aromatic N) is 1. The van der Waals surface area contributed by atoms with Crippen molar-refractivity contribution in [1.29, 1.82) is 0 Å². The van der Waals surface area contributed by atoms with Crippen molar-refractivity contribution in [3.63, 3.8) is 0 Å². The fraction of sp³-hybridized carbons (Fsp3) is 0.964. The van der Waals surface area contributed by atoms with Crippen molar-refractivity contribution >= 4 is 44.7 Å². The number of alkyl halides is 6. The van der Waals surface area contributed by atoms with Crippen molar-refractivity contribution in [1.82, 2.24) is 0 Å². The first-order valence-electron chi connectivity index (χ1n) is 15.8. The molecule has 0 amide bonds. The summed E-state index contributed by atoms with van der Waals surface area (Å²) in [4.78, 5) is 0. The number of sulfonamides is 2. The molecular formula is C28H54F6NO5S2Sb+. The summed E-state index contributed by atoms with van der Waals surface area (Å²) in [5.74, 6) is -1.87. The Kier molecular flexibility index (Phi) is 20.7. The van der Waals surface area contributed by atoms with E-state index in [1.165, 1.54) is 0 Å². The Hall–Kier alpha value is -0.232. The molecule has 0 fully saturated rings. The number of hydrogen-bond donors (Lipinski definition) is 1. The van der Waals surface area contributed by atoms with Crippen molar-refractivity contribution in [2.24, 2.45) is 0 Å². The van der Waals surface area contributed by atoms with Crippen molar-refractivity contribution in [3.8, 4) is 0 Å². The van der Waals surface area contributed by atoms with Crippen LogP contribution in [0.5, 0.6) is 0 Å². The summed E-state index contributed by atoms with van der Waals surface area (Å²) in [6.07, 6.45) is 16.3. The Balaban J connectivity index is 6.65. The molecule has 259 valence electrons. The Morgan fingerprint density at radius 1 is 0.535 bits per heavy atom. The summed E-state index contributed by atoms with van der Waals surface area (Å²) >= 11 is -3.84. The molecule has 0 spiro atoms. The molecule has 0 bridgehead atoms. The normalized spacial score (nSPS) is 13.4. The van der Waals surface area contributed by atoms with Crippen LogP contribution in [0.3, 0.4) is 0 Å². The second-order valence-electron chi connectivity index (χ2n) is 11.5. The Morgan fingerprint density at radius 3 is 1.05 bits per heavy atom. The summed E-state index contributed by atoms with van der Waals surface area (Å²) in [5.41, 5.74) is -12.7. The molecule has 6 nitrogen and oxygen atoms in total. The first kappa shape index (κ1) is 42.8. The Bertz CT molecular complexity index is 929. The van der Waals surface area contributed by atoms with E-state index >= 15 is 0 Å². The maximum atomic E-state index is 13.5. The van der Waals surface area contributed by atoms with Gasteiger partial charge in [0.15, 0.2) is 0 Å². The molecule has 1 N–H and O–H groups in total. The molecule has 0 rings (SSSR count). The Morgan fingerprint density at radius 2 is 0.791 bits per heavy atom. The zero-order valence-corrected chi connectivity index (χ0v) is 30.3. The van der Waals surface area contributed by atoms with Gasteiger partial charge in [0.05, 0.1) is 0 Å². The van der Waals surface area contributed by atoms with Crippen LogP contribution in [0.15, 0.2) is 0 Å². The summed E-state index contributed by atoms with van der Waals surface area (Å²) in [5, 5.41) is 10.8. The van der Waals surface area contributed by atoms with Gasteiger partial charge in [-0.1, -0.05) is 0 Å². The van der Waals surface area contributed by atoms with Crippen LogP contribution >= 0.6 is 0 Å². The van der Waals surface area contributed by atoms with Gasteiger partial charge in [-0.3, -0.25) is 0 Å². The van der Waals surface area contributed by atoms with Gasteiger partial charge in [0, 0.05) is 0 Å². The zero-order chi connectivity index (χ0) is 33.2. The van der Waals surface area contributed by atoms with Crippen molar-refractivity contribution in [3.05, 3.63) is 0 Å². The fourth-order valence-corrected chi connectivity index (χ4v) is 21.4. The van der Waals surface area contributed by atoms with Crippen molar-refractivity contribution in [2.45, 2.75) is 165 Å². The summed E-state index contributed by atoms with van der Waals surface area (Å²) < 4.78 is 129. The van der Waals surface area contributed by atoms with Crippen LogP contribution in [-0.2, 0) is 20.0 Å². The van der Waals surface area contributed by atoms with E-state index in [2.05, 4.69) is 20.8 Å². The summed E-state index contributed by atoms with van der Waals surface area (Å²) in [6.45, 7) is 6.20. The molecule has 0 heterocycles. The molecule has 0 aliphatic rings. The molecule has 0 saturated heterocycles. The van der Waals surface area contributed by atoms with Gasteiger partial charge in [-0.05, 0) is 0 Å². The topological polar surface area (TPSA) is 91.5 Å². The minimum absolute atomic E-state index is 0.519. The number of rotatable bonds is 25. The average Bonchev–Trinajstić information content (AvgIpc) is 2.88. The molecule has 43 heavy (non-hydrogen) atoms. The van der Waals surface area contributed by atoms with E-state index in [1.807, 2.05) is 0 Å². The van der Waals surface area contributed by atoms with Crippen LogP contribution in [0, 0.1) is 0 Å².